The first-order valence-corrected chi connectivity index (χ1v) is 7.48. The molecule has 5 heteroatoms. The summed E-state index contributed by atoms with van der Waals surface area (Å²) < 4.78 is 11.1. The third kappa shape index (κ3) is 6.76. The van der Waals surface area contributed by atoms with Crippen LogP contribution in [0.15, 0.2) is 0 Å². The number of nitrogens with zero attached hydrogens (tertiary/aromatic N) is 1. The van der Waals surface area contributed by atoms with Gasteiger partial charge in [0.1, 0.15) is 0 Å². The van der Waals surface area contributed by atoms with Gasteiger partial charge in [-0.2, -0.15) is 0 Å². The lowest BCUT2D eigenvalue weighted by molar-refractivity contribution is 0.0362. The first kappa shape index (κ1) is 13.4. The maximum absolute atomic E-state index is 5.46. The van der Waals surface area contributed by atoms with Crippen LogP contribution in [-0.2, 0) is 9.47 Å². The molecule has 0 radical (unpaired) electrons. The molecule has 1 fully saturated rings. The highest BCUT2D eigenvalue weighted by Gasteiger charge is 2.08. The second-order valence-electron chi connectivity index (χ2n) is 3.29. The molecule has 0 spiro atoms. The van der Waals surface area contributed by atoms with Crippen LogP contribution < -0.4 is 0 Å². The first-order chi connectivity index (χ1) is 6.79. The number of halogens is 2. The summed E-state index contributed by atoms with van der Waals surface area (Å²) in [5.41, 5.74) is 0. The van der Waals surface area contributed by atoms with E-state index in [-0.39, 0.29) is 0 Å². The molecule has 1 saturated heterocycles. The summed E-state index contributed by atoms with van der Waals surface area (Å²) in [6, 6.07) is 0. The quantitative estimate of drug-likeness (QED) is 0.371. The van der Waals surface area contributed by atoms with E-state index < -0.39 is 0 Å². The van der Waals surface area contributed by atoms with Crippen LogP contribution in [0.3, 0.4) is 0 Å². The highest BCUT2D eigenvalue weighted by molar-refractivity contribution is 14.2. The lowest BCUT2D eigenvalue weighted by atomic mass is 10.3. The average Bonchev–Trinajstić information content (AvgIpc) is 2.18. The number of alkyl halides is 2. The monoisotopic (exact) mass is 425 g/mol. The zero-order valence-electron chi connectivity index (χ0n) is 8.25. The second-order valence-corrected chi connectivity index (χ2v) is 7.94. The van der Waals surface area contributed by atoms with E-state index >= 15 is 0 Å². The number of hydrogen-bond donors (Lipinski definition) is 0. The third-order valence-corrected chi connectivity index (χ3v) is 2.94. The van der Waals surface area contributed by atoms with E-state index in [4.69, 9.17) is 9.47 Å². The van der Waals surface area contributed by atoms with Gasteiger partial charge in [0.2, 0.25) is 0 Å². The second kappa shape index (κ2) is 8.49. The molecule has 0 saturated carbocycles. The normalized spacial score (nSPS) is 19.1. The smallest absolute Gasteiger partial charge is 0.159 e. The van der Waals surface area contributed by atoms with Gasteiger partial charge in [-0.1, -0.05) is 0 Å². The molecule has 84 valence electrons. The summed E-state index contributed by atoms with van der Waals surface area (Å²) in [6.45, 7) is 6.09. The van der Waals surface area contributed by atoms with E-state index in [1.54, 1.807) is 0 Å². The lowest BCUT2D eigenvalue weighted by Crippen LogP contribution is -2.36. The van der Waals surface area contributed by atoms with Crippen molar-refractivity contribution in [3.05, 3.63) is 0 Å². The minimum Gasteiger partial charge on any atom is -0.379 e. The SMILES string of the molecule is IC(I)OCCCCN1CCOCC1. The Hall–Kier alpha value is 1.34. The highest BCUT2D eigenvalue weighted by Crippen LogP contribution is 2.11. The van der Waals surface area contributed by atoms with Gasteiger partial charge in [0, 0.05) is 19.7 Å². The van der Waals surface area contributed by atoms with Crippen molar-refractivity contribution in [2.24, 2.45) is 0 Å². The molecule has 0 aromatic rings. The lowest BCUT2D eigenvalue weighted by Gasteiger charge is -2.26. The number of morpholine rings is 1. The topological polar surface area (TPSA) is 21.7 Å². The van der Waals surface area contributed by atoms with Crippen LogP contribution in [0.4, 0.5) is 0 Å². The van der Waals surface area contributed by atoms with Crippen molar-refractivity contribution >= 4 is 45.2 Å². The van der Waals surface area contributed by atoms with Gasteiger partial charge in [-0.25, -0.2) is 0 Å². The number of hydrogen-bond acceptors (Lipinski definition) is 3. The van der Waals surface area contributed by atoms with Gasteiger partial charge in [-0.05, 0) is 64.6 Å². The van der Waals surface area contributed by atoms with Gasteiger partial charge >= 0.3 is 0 Å². The predicted octanol–water partition coefficient (Wildman–Crippen LogP) is 2.27. The van der Waals surface area contributed by atoms with E-state index in [9.17, 15) is 0 Å². The van der Waals surface area contributed by atoms with E-state index in [1.807, 2.05) is 0 Å². The number of rotatable bonds is 6. The van der Waals surface area contributed by atoms with Crippen LogP contribution in [0.5, 0.6) is 0 Å². The molecule has 1 aliphatic heterocycles. The van der Waals surface area contributed by atoms with E-state index in [0.29, 0.717) is 2.12 Å². The average molecular weight is 425 g/mol. The Kier molecular flexibility index (Phi) is 8.13. The number of unbranched alkanes of at least 4 members (excludes halogenated alkanes) is 1. The van der Waals surface area contributed by atoms with Gasteiger partial charge in [0.05, 0.1) is 13.2 Å². The Labute approximate surface area is 113 Å². The zero-order valence-corrected chi connectivity index (χ0v) is 12.6. The Bertz CT molecular complexity index is 141. The Balaban J connectivity index is 1.87. The fraction of sp³-hybridized carbons (Fsp3) is 1.00. The molecule has 1 rings (SSSR count). The molecule has 0 aromatic carbocycles. The fourth-order valence-electron chi connectivity index (χ4n) is 1.43. The van der Waals surface area contributed by atoms with Crippen LogP contribution in [0.25, 0.3) is 0 Å². The Morgan fingerprint density at radius 3 is 2.57 bits per heavy atom. The van der Waals surface area contributed by atoms with Gasteiger partial charge in [-0.3, -0.25) is 4.90 Å². The highest BCUT2D eigenvalue weighted by atomic mass is 127. The van der Waals surface area contributed by atoms with Crippen molar-refractivity contribution in [2.75, 3.05) is 39.5 Å². The van der Waals surface area contributed by atoms with E-state index in [0.717, 1.165) is 32.9 Å². The van der Waals surface area contributed by atoms with E-state index in [1.165, 1.54) is 19.4 Å². The first-order valence-electron chi connectivity index (χ1n) is 4.99. The fourth-order valence-corrected chi connectivity index (χ4v) is 1.94. The molecule has 3 nitrogen and oxygen atoms in total. The molecule has 0 aliphatic carbocycles. The third-order valence-electron chi connectivity index (χ3n) is 2.22. The van der Waals surface area contributed by atoms with Crippen molar-refractivity contribution in [1.82, 2.24) is 4.90 Å². The Morgan fingerprint density at radius 2 is 1.93 bits per heavy atom. The van der Waals surface area contributed by atoms with E-state index in [2.05, 4.69) is 50.1 Å². The van der Waals surface area contributed by atoms with Gasteiger partial charge in [-0.15, -0.1) is 0 Å². The van der Waals surface area contributed by atoms with Crippen molar-refractivity contribution in [3.8, 4) is 0 Å². The molecule has 1 aliphatic rings. The Morgan fingerprint density at radius 1 is 1.21 bits per heavy atom. The summed E-state index contributed by atoms with van der Waals surface area (Å²) >= 11 is 4.55. The van der Waals surface area contributed by atoms with Crippen molar-refractivity contribution in [3.63, 3.8) is 0 Å². The molecule has 0 aromatic heterocycles. The summed E-state index contributed by atoms with van der Waals surface area (Å²) in [5, 5.41) is 0. The van der Waals surface area contributed by atoms with Gasteiger partial charge < -0.3 is 9.47 Å². The van der Waals surface area contributed by atoms with Crippen LogP contribution in [0.1, 0.15) is 12.8 Å². The molecule has 0 unspecified atom stereocenters. The molecule has 1 heterocycles. The molecule has 0 bridgehead atoms. The predicted molar refractivity (Wildman–Crippen MR) is 74.3 cm³/mol. The molecule has 14 heavy (non-hydrogen) atoms. The number of ether oxygens (including phenoxy) is 2. The molecule has 0 atom stereocenters. The van der Waals surface area contributed by atoms with Crippen LogP contribution in [-0.4, -0.2) is 46.5 Å². The van der Waals surface area contributed by atoms with Crippen molar-refractivity contribution < 1.29 is 9.47 Å². The summed E-state index contributed by atoms with van der Waals surface area (Å²) in [7, 11) is 0. The molecular formula is C9H17I2NO2. The van der Waals surface area contributed by atoms with Gasteiger partial charge in [0.15, 0.2) is 2.12 Å². The van der Waals surface area contributed by atoms with Crippen molar-refractivity contribution in [1.29, 1.82) is 0 Å². The van der Waals surface area contributed by atoms with Crippen molar-refractivity contribution in [2.45, 2.75) is 15.0 Å². The minimum absolute atomic E-state index is 0.314. The maximum atomic E-state index is 5.46. The largest absolute Gasteiger partial charge is 0.379 e. The van der Waals surface area contributed by atoms with Crippen LogP contribution >= 0.6 is 45.2 Å². The maximum Gasteiger partial charge on any atom is 0.159 e. The van der Waals surface area contributed by atoms with Gasteiger partial charge in [0.25, 0.3) is 0 Å². The molecule has 0 amide bonds. The summed E-state index contributed by atoms with van der Waals surface area (Å²) in [5.74, 6) is 0. The summed E-state index contributed by atoms with van der Waals surface area (Å²) in [4.78, 5) is 2.47. The summed E-state index contributed by atoms with van der Waals surface area (Å²) in [6.07, 6.45) is 2.40. The molecular weight excluding hydrogens is 408 g/mol. The standard InChI is InChI=1S/C9H17I2NO2/c10-9(11)14-6-2-1-3-12-4-7-13-8-5-12/h9H,1-8H2. The molecule has 0 N–H and O–H groups in total. The zero-order chi connectivity index (χ0) is 10.2. The minimum atomic E-state index is 0.314. The van der Waals surface area contributed by atoms with Crippen LogP contribution in [0.2, 0.25) is 0 Å². The van der Waals surface area contributed by atoms with Crippen LogP contribution in [0, 0.1) is 0 Å².